The minimum absolute atomic E-state index is 0. The topological polar surface area (TPSA) is 141 Å². The lowest BCUT2D eigenvalue weighted by atomic mass is 9.96. The highest BCUT2D eigenvalue weighted by atomic mass is 32.2. The van der Waals surface area contributed by atoms with Gasteiger partial charge < -0.3 is 10.6 Å². The number of carboxylic acid groups (broad SMARTS) is 1. The van der Waals surface area contributed by atoms with Gasteiger partial charge in [-0.15, -0.1) is 16.5 Å². The quantitative estimate of drug-likeness (QED) is 0.191. The number of thiazole rings is 1. The third-order valence-electron chi connectivity index (χ3n) is 6.51. The van der Waals surface area contributed by atoms with Crippen LogP contribution in [0.2, 0.25) is 0 Å². The van der Waals surface area contributed by atoms with Crippen molar-refractivity contribution in [3.8, 4) is 16.4 Å². The van der Waals surface area contributed by atoms with Crippen molar-refractivity contribution in [2.24, 2.45) is 11.1 Å². The van der Waals surface area contributed by atoms with E-state index in [9.17, 15) is 22.9 Å². The smallest absolute Gasteiger partial charge is 0.355 e. The van der Waals surface area contributed by atoms with Crippen LogP contribution in [0.25, 0.3) is 22.5 Å². The van der Waals surface area contributed by atoms with Gasteiger partial charge in [0.1, 0.15) is 5.82 Å². The van der Waals surface area contributed by atoms with Crippen molar-refractivity contribution in [3.63, 3.8) is 0 Å². The van der Waals surface area contributed by atoms with Gasteiger partial charge in [0.2, 0.25) is 10.0 Å². The molecule has 2 heterocycles. The lowest BCUT2D eigenvalue weighted by molar-refractivity contribution is 0.0691. The van der Waals surface area contributed by atoms with Crippen molar-refractivity contribution in [2.75, 3.05) is 0 Å². The summed E-state index contributed by atoms with van der Waals surface area (Å²) < 4.78 is 42.7. The van der Waals surface area contributed by atoms with Crippen LogP contribution >= 0.6 is 11.3 Å². The fourth-order valence-corrected chi connectivity index (χ4v) is 5.75. The Morgan fingerprint density at radius 2 is 1.95 bits per heavy atom. The number of hydrogen-bond acceptors (Lipinski definition) is 6. The number of aromatic nitrogens is 3. The molecule has 1 atom stereocenters. The number of thiol groups is 1. The Labute approximate surface area is 236 Å². The summed E-state index contributed by atoms with van der Waals surface area (Å²) >= 11 is 1.17. The molecule has 1 saturated carbocycles. The molecule has 2 aromatic heterocycles. The van der Waals surface area contributed by atoms with Crippen molar-refractivity contribution in [1.29, 1.82) is 0 Å². The van der Waals surface area contributed by atoms with Crippen LogP contribution in [0, 0.1) is 17.6 Å². The number of rotatable bonds is 9. The predicted molar refractivity (Wildman–Crippen MR) is 150 cm³/mol. The van der Waals surface area contributed by atoms with Gasteiger partial charge >= 0.3 is 5.97 Å². The number of benzene rings is 2. The minimum Gasteiger partial charge on any atom is -0.870 e. The van der Waals surface area contributed by atoms with E-state index in [0.717, 1.165) is 29.7 Å². The van der Waals surface area contributed by atoms with E-state index in [-0.39, 0.29) is 21.9 Å². The van der Waals surface area contributed by atoms with Crippen LogP contribution in [0.5, 0.6) is 0 Å². The number of aromatic carboxylic acids is 1. The molecule has 2 aromatic carbocycles. The van der Waals surface area contributed by atoms with E-state index in [1.165, 1.54) is 34.9 Å². The highest BCUT2D eigenvalue weighted by Gasteiger charge is 2.29. The first-order valence-electron chi connectivity index (χ1n) is 12.4. The van der Waals surface area contributed by atoms with Crippen LogP contribution < -0.4 is 5.14 Å². The Morgan fingerprint density at radius 3 is 2.55 bits per heavy atom. The molecule has 4 aromatic rings. The summed E-state index contributed by atoms with van der Waals surface area (Å²) in [5.74, 6) is -1.69. The largest absolute Gasteiger partial charge is 0.870 e. The number of allylic oxidation sites excluding steroid dienone is 1. The molecule has 0 saturated heterocycles. The maximum Gasteiger partial charge on any atom is 0.355 e. The molecular weight excluding hydrogens is 558 g/mol. The van der Waals surface area contributed by atoms with Gasteiger partial charge in [0.05, 0.1) is 11.4 Å². The molecule has 40 heavy (non-hydrogen) atoms. The summed E-state index contributed by atoms with van der Waals surface area (Å²) in [5.41, 5.74) is 4.82. The maximum absolute atomic E-state index is 14.7. The SMILES string of the molecule is CC(C)=Cc1cc(-c2nn(-c3nc(C(=O)O)cs3)c(CC3CC3)c2Cc2ccc([SH+](N)=O)c(F)c2)ccc1F.[OH-]. The van der Waals surface area contributed by atoms with Crippen LogP contribution in [-0.2, 0) is 28.0 Å². The fourth-order valence-electron chi connectivity index (χ4n) is 4.48. The first kappa shape index (κ1) is 29.4. The Balaban J connectivity index is 0.00000370. The first-order chi connectivity index (χ1) is 18.6. The second kappa shape index (κ2) is 11.9. The molecule has 4 N–H and O–H groups in total. The van der Waals surface area contributed by atoms with E-state index in [0.29, 0.717) is 46.3 Å². The van der Waals surface area contributed by atoms with Crippen molar-refractivity contribution < 1.29 is 28.4 Å². The van der Waals surface area contributed by atoms with Gasteiger partial charge in [-0.3, -0.25) is 0 Å². The summed E-state index contributed by atoms with van der Waals surface area (Å²) in [5, 5.41) is 21.6. The van der Waals surface area contributed by atoms with Gasteiger partial charge in [0.15, 0.2) is 22.5 Å². The first-order valence-corrected chi connectivity index (χ1v) is 14.6. The Kier molecular flexibility index (Phi) is 8.74. The Hall–Kier alpha value is -3.58. The zero-order chi connectivity index (χ0) is 27.8. The predicted octanol–water partition coefficient (Wildman–Crippen LogP) is 5.69. The number of hydrogen-bond donors (Lipinski definition) is 2. The van der Waals surface area contributed by atoms with Crippen molar-refractivity contribution >= 4 is 34.4 Å². The number of carboxylic acids is 1. The molecule has 0 spiro atoms. The highest BCUT2D eigenvalue weighted by molar-refractivity contribution is 7.82. The molecule has 210 valence electrons. The molecule has 1 aliphatic rings. The van der Waals surface area contributed by atoms with E-state index in [4.69, 9.17) is 10.2 Å². The van der Waals surface area contributed by atoms with E-state index < -0.39 is 22.8 Å². The average Bonchev–Trinajstić information content (AvgIpc) is 3.43. The molecule has 12 heteroatoms. The average molecular weight is 587 g/mol. The molecule has 5 rings (SSSR count). The van der Waals surface area contributed by atoms with Gasteiger partial charge in [-0.1, -0.05) is 21.9 Å². The summed E-state index contributed by atoms with van der Waals surface area (Å²) in [6.07, 6.45) is 4.85. The van der Waals surface area contributed by atoms with Gasteiger partial charge in [0, 0.05) is 28.5 Å². The number of halogens is 2. The van der Waals surface area contributed by atoms with Gasteiger partial charge in [-0.2, -0.15) is 5.10 Å². The van der Waals surface area contributed by atoms with E-state index in [1.54, 1.807) is 29.0 Å². The highest BCUT2D eigenvalue weighted by Crippen LogP contribution is 2.38. The van der Waals surface area contributed by atoms with E-state index in [2.05, 4.69) is 4.98 Å². The molecule has 1 unspecified atom stereocenters. The van der Waals surface area contributed by atoms with Crippen molar-refractivity contribution in [1.82, 2.24) is 14.8 Å². The minimum atomic E-state index is -2.32. The molecule has 0 aliphatic heterocycles. The maximum atomic E-state index is 14.7. The summed E-state index contributed by atoms with van der Waals surface area (Å²) in [6, 6.07) is 9.22. The van der Waals surface area contributed by atoms with Gasteiger partial charge in [-0.05, 0) is 74.9 Å². The molecule has 0 radical (unpaired) electrons. The van der Waals surface area contributed by atoms with Gasteiger partial charge in [0.25, 0.3) is 0 Å². The second-order valence-corrected chi connectivity index (χ2v) is 11.9. The summed E-state index contributed by atoms with van der Waals surface area (Å²) in [6.45, 7) is 3.77. The fraction of sp³-hybridized carbons (Fsp3) is 0.250. The molecule has 0 amide bonds. The molecule has 1 aliphatic carbocycles. The van der Waals surface area contributed by atoms with Gasteiger partial charge in [-0.25, -0.2) is 23.2 Å². The number of carbonyl (C=O) groups is 1. The lowest BCUT2D eigenvalue weighted by Crippen LogP contribution is -2.07. The lowest BCUT2D eigenvalue weighted by Gasteiger charge is -2.09. The zero-order valence-corrected chi connectivity index (χ0v) is 23.5. The second-order valence-electron chi connectivity index (χ2n) is 9.90. The zero-order valence-electron chi connectivity index (χ0n) is 21.8. The van der Waals surface area contributed by atoms with Crippen LogP contribution in [0.1, 0.15) is 59.6 Å². The third kappa shape index (κ3) is 6.25. The van der Waals surface area contributed by atoms with Crippen molar-refractivity contribution in [3.05, 3.63) is 87.1 Å². The standard InChI is InChI=1S/C28H26F2N4O3S2.H2O/c1-15(2)9-19-13-18(6-7-21(19)29)26-20(10-17-5-8-25(39(31)37)22(30)11-17)24(12-16-3-4-16)34(33-26)28-32-23(14-38-28)27(35)36;/h5-9,11,13-14,16H,3-4,10,12H2,1-2H3,(H2,31,37)(H,35,36);1H2. The summed E-state index contributed by atoms with van der Waals surface area (Å²) in [4.78, 5) is 15.8. The van der Waals surface area contributed by atoms with Crippen LogP contribution in [0.15, 0.2) is 52.2 Å². The van der Waals surface area contributed by atoms with Crippen LogP contribution in [-0.4, -0.2) is 31.3 Å². The van der Waals surface area contributed by atoms with Crippen molar-refractivity contribution in [2.45, 2.75) is 44.4 Å². The molecule has 8 nitrogen and oxygen atoms in total. The Bertz CT molecular complexity index is 1640. The number of nitrogens with zero attached hydrogens (tertiary/aromatic N) is 3. The van der Waals surface area contributed by atoms with E-state index in [1.807, 2.05) is 13.8 Å². The van der Waals surface area contributed by atoms with Crippen LogP contribution in [0.4, 0.5) is 8.78 Å². The third-order valence-corrected chi connectivity index (χ3v) is 8.16. The summed E-state index contributed by atoms with van der Waals surface area (Å²) in [7, 11) is -2.32. The number of nitrogens with two attached hydrogens (primary N) is 1. The monoisotopic (exact) mass is 586 g/mol. The van der Waals surface area contributed by atoms with Crippen LogP contribution in [0.3, 0.4) is 0 Å². The van der Waals surface area contributed by atoms with E-state index >= 15 is 0 Å². The normalized spacial score (nSPS) is 13.5. The molecule has 0 bridgehead atoms. The Morgan fingerprint density at radius 1 is 1.20 bits per heavy atom. The molecular formula is C28H28F2N4O4S2. The molecule has 1 fully saturated rings.